The van der Waals surface area contributed by atoms with Crippen LogP contribution in [0.25, 0.3) is 0 Å². The number of likely N-dealkylation sites (tertiary alicyclic amines) is 1. The maximum absolute atomic E-state index is 12.5. The number of nitrogens with one attached hydrogen (secondary N) is 2. The van der Waals surface area contributed by atoms with E-state index in [0.717, 1.165) is 5.56 Å². The largest absolute Gasteiger partial charge is 0.365 e. The Balaban J connectivity index is 1.47. The number of hydrogen-bond acceptors (Lipinski definition) is 5. The molecule has 4 rings (SSSR count). The summed E-state index contributed by atoms with van der Waals surface area (Å²) in [6.07, 6.45) is 1.48. The molecule has 1 saturated heterocycles. The van der Waals surface area contributed by atoms with Crippen LogP contribution in [0.2, 0.25) is 0 Å². The monoisotopic (exact) mass is 377 g/mol. The molecule has 2 N–H and O–H groups in total. The van der Waals surface area contributed by atoms with E-state index < -0.39 is 15.7 Å². The number of hydrogen-bond donors (Lipinski definition) is 2. The first-order valence-electron chi connectivity index (χ1n) is 8.18. The van der Waals surface area contributed by atoms with Gasteiger partial charge >= 0.3 is 0 Å². The predicted octanol–water partition coefficient (Wildman–Crippen LogP) is 2.01. The standard InChI is InChI=1S/C17H19N3O3S2/c21-16(11-13-5-10-24-12-13)20-8-6-17(7-9-20)18-14-3-1-2-4-15(14)25(22,23)19-17/h1-5,10,12,18-19H,6-9,11H2. The molecule has 6 nitrogen and oxygen atoms in total. The summed E-state index contributed by atoms with van der Waals surface area (Å²) in [6, 6.07) is 8.87. The van der Waals surface area contributed by atoms with Crippen molar-refractivity contribution in [1.82, 2.24) is 9.62 Å². The Morgan fingerprint density at radius 3 is 2.68 bits per heavy atom. The van der Waals surface area contributed by atoms with E-state index in [1.165, 1.54) is 0 Å². The second-order valence-electron chi connectivity index (χ2n) is 6.50. The quantitative estimate of drug-likeness (QED) is 0.839. The number of benzene rings is 1. The average molecular weight is 377 g/mol. The van der Waals surface area contributed by atoms with Gasteiger partial charge in [0.15, 0.2) is 0 Å². The summed E-state index contributed by atoms with van der Waals surface area (Å²) in [5.74, 6) is 0.0901. The number of thiophene rings is 1. The van der Waals surface area contributed by atoms with Crippen LogP contribution in [0.15, 0.2) is 46.0 Å². The number of anilines is 1. The molecule has 0 bridgehead atoms. The Morgan fingerprint density at radius 1 is 1.20 bits per heavy atom. The van der Waals surface area contributed by atoms with E-state index in [-0.39, 0.29) is 10.8 Å². The third-order valence-electron chi connectivity index (χ3n) is 4.79. The molecule has 1 aromatic carbocycles. The molecule has 0 unspecified atom stereocenters. The summed E-state index contributed by atoms with van der Waals surface area (Å²) in [7, 11) is -3.54. The molecule has 132 valence electrons. The van der Waals surface area contributed by atoms with Crippen LogP contribution in [-0.2, 0) is 21.2 Å². The molecule has 0 saturated carbocycles. The van der Waals surface area contributed by atoms with Gasteiger partial charge in [0, 0.05) is 25.9 Å². The van der Waals surface area contributed by atoms with Gasteiger partial charge in [0.25, 0.3) is 0 Å². The van der Waals surface area contributed by atoms with Gasteiger partial charge in [0.1, 0.15) is 10.6 Å². The number of amides is 1. The lowest BCUT2D eigenvalue weighted by Crippen LogP contribution is -2.62. The fraction of sp³-hybridized carbons (Fsp3) is 0.353. The van der Waals surface area contributed by atoms with E-state index >= 15 is 0 Å². The molecule has 1 amide bonds. The first-order chi connectivity index (χ1) is 12.0. The topological polar surface area (TPSA) is 78.5 Å². The van der Waals surface area contributed by atoms with E-state index in [2.05, 4.69) is 10.0 Å². The minimum Gasteiger partial charge on any atom is -0.365 e. The van der Waals surface area contributed by atoms with Crippen LogP contribution in [0.1, 0.15) is 18.4 Å². The van der Waals surface area contributed by atoms with E-state index in [4.69, 9.17) is 0 Å². The number of fused-ring (bicyclic) bond motifs is 1. The highest BCUT2D eigenvalue weighted by Crippen LogP contribution is 2.34. The van der Waals surface area contributed by atoms with E-state index in [9.17, 15) is 13.2 Å². The SMILES string of the molecule is O=C(Cc1ccsc1)N1CCC2(CC1)Nc1ccccc1S(=O)(=O)N2. The van der Waals surface area contributed by atoms with Crippen molar-refractivity contribution in [2.24, 2.45) is 0 Å². The van der Waals surface area contributed by atoms with E-state index in [1.807, 2.05) is 27.8 Å². The number of carbonyl (C=O) groups excluding carboxylic acids is 1. The first kappa shape index (κ1) is 16.6. The van der Waals surface area contributed by atoms with Gasteiger partial charge in [-0.25, -0.2) is 8.42 Å². The van der Waals surface area contributed by atoms with Crippen LogP contribution >= 0.6 is 11.3 Å². The normalized spacial score (nSPS) is 20.7. The number of nitrogens with zero attached hydrogens (tertiary/aromatic N) is 1. The lowest BCUT2D eigenvalue weighted by atomic mass is 9.96. The second kappa shape index (κ2) is 6.12. The zero-order valence-electron chi connectivity index (χ0n) is 13.6. The minimum absolute atomic E-state index is 0.0901. The van der Waals surface area contributed by atoms with Gasteiger partial charge in [0.05, 0.1) is 12.1 Å². The maximum Gasteiger partial charge on any atom is 0.244 e. The lowest BCUT2D eigenvalue weighted by Gasteiger charge is -2.45. The fourth-order valence-electron chi connectivity index (χ4n) is 3.44. The van der Waals surface area contributed by atoms with Gasteiger partial charge in [-0.3, -0.25) is 4.79 Å². The highest BCUT2D eigenvalue weighted by molar-refractivity contribution is 7.89. The molecule has 2 aliphatic heterocycles. The first-order valence-corrected chi connectivity index (χ1v) is 10.6. The van der Waals surface area contributed by atoms with Crippen molar-refractivity contribution in [3.05, 3.63) is 46.7 Å². The zero-order chi connectivity index (χ0) is 17.5. The van der Waals surface area contributed by atoms with Crippen LogP contribution in [0.4, 0.5) is 5.69 Å². The molecule has 0 radical (unpaired) electrons. The Bertz CT molecular complexity index is 886. The number of rotatable bonds is 2. The molecule has 0 aliphatic carbocycles. The summed E-state index contributed by atoms with van der Waals surface area (Å²) in [4.78, 5) is 14.5. The summed E-state index contributed by atoms with van der Waals surface area (Å²) in [6.45, 7) is 1.06. The van der Waals surface area contributed by atoms with Crippen LogP contribution in [0.5, 0.6) is 0 Å². The number of para-hydroxylation sites is 1. The summed E-state index contributed by atoms with van der Waals surface area (Å²) >= 11 is 1.58. The fourth-order valence-corrected chi connectivity index (χ4v) is 5.66. The smallest absolute Gasteiger partial charge is 0.244 e. The van der Waals surface area contributed by atoms with Crippen molar-refractivity contribution in [3.63, 3.8) is 0 Å². The zero-order valence-corrected chi connectivity index (χ0v) is 15.2. The summed E-state index contributed by atoms with van der Waals surface area (Å²) in [5, 5.41) is 7.29. The van der Waals surface area contributed by atoms with Crippen LogP contribution < -0.4 is 10.0 Å². The molecular weight excluding hydrogens is 358 g/mol. The molecule has 2 aromatic rings. The Morgan fingerprint density at radius 2 is 1.96 bits per heavy atom. The molecule has 1 fully saturated rings. The van der Waals surface area contributed by atoms with Gasteiger partial charge in [0.2, 0.25) is 15.9 Å². The average Bonchev–Trinajstić information content (AvgIpc) is 3.07. The van der Waals surface area contributed by atoms with Gasteiger partial charge in [-0.2, -0.15) is 16.1 Å². The molecule has 1 aromatic heterocycles. The molecular formula is C17H19N3O3S2. The third kappa shape index (κ3) is 3.17. The maximum atomic E-state index is 12.5. The third-order valence-corrected chi connectivity index (χ3v) is 7.11. The second-order valence-corrected chi connectivity index (χ2v) is 8.93. The van der Waals surface area contributed by atoms with Crippen molar-refractivity contribution in [1.29, 1.82) is 0 Å². The van der Waals surface area contributed by atoms with E-state index in [1.54, 1.807) is 29.5 Å². The van der Waals surface area contributed by atoms with Crippen molar-refractivity contribution < 1.29 is 13.2 Å². The van der Waals surface area contributed by atoms with Crippen LogP contribution in [0.3, 0.4) is 0 Å². The molecule has 2 aliphatic rings. The molecule has 25 heavy (non-hydrogen) atoms. The van der Waals surface area contributed by atoms with Crippen molar-refractivity contribution in [2.75, 3.05) is 18.4 Å². The lowest BCUT2D eigenvalue weighted by molar-refractivity contribution is -0.131. The van der Waals surface area contributed by atoms with Crippen LogP contribution in [-0.4, -0.2) is 38.0 Å². The molecule has 8 heteroatoms. The van der Waals surface area contributed by atoms with Crippen molar-refractivity contribution >= 4 is 33.0 Å². The summed E-state index contributed by atoms with van der Waals surface area (Å²) < 4.78 is 27.9. The van der Waals surface area contributed by atoms with E-state index in [0.29, 0.717) is 38.0 Å². The highest BCUT2D eigenvalue weighted by Gasteiger charge is 2.43. The van der Waals surface area contributed by atoms with Gasteiger partial charge in [-0.15, -0.1) is 0 Å². The minimum atomic E-state index is -3.54. The Kier molecular flexibility index (Phi) is 4.05. The summed E-state index contributed by atoms with van der Waals surface area (Å²) in [5.41, 5.74) is 0.937. The number of carbonyl (C=O) groups is 1. The Hall–Kier alpha value is -1.90. The molecule has 3 heterocycles. The Labute approximate surface area is 150 Å². The number of sulfonamides is 1. The van der Waals surface area contributed by atoms with Crippen molar-refractivity contribution in [3.8, 4) is 0 Å². The molecule has 1 spiro atoms. The van der Waals surface area contributed by atoms with Crippen molar-refractivity contribution in [2.45, 2.75) is 29.8 Å². The van der Waals surface area contributed by atoms with Crippen LogP contribution in [0, 0.1) is 0 Å². The van der Waals surface area contributed by atoms with Gasteiger partial charge < -0.3 is 10.2 Å². The van der Waals surface area contributed by atoms with Gasteiger partial charge in [-0.1, -0.05) is 12.1 Å². The predicted molar refractivity (Wildman–Crippen MR) is 97.0 cm³/mol. The number of piperidine rings is 1. The molecule has 0 atom stereocenters. The highest BCUT2D eigenvalue weighted by atomic mass is 32.2. The van der Waals surface area contributed by atoms with Gasteiger partial charge in [-0.05, 0) is 34.5 Å².